The molecule has 0 aliphatic carbocycles. The number of rotatable bonds is 7. The SMILES string of the molecule is CCCOc1ccnc(NC(C(=O)O)c2ccccc2)n1. The molecule has 6 nitrogen and oxygen atoms in total. The average Bonchev–Trinajstić information content (AvgIpc) is 2.51. The van der Waals surface area contributed by atoms with Crippen LogP contribution in [0.4, 0.5) is 5.95 Å². The van der Waals surface area contributed by atoms with E-state index in [1.807, 2.05) is 13.0 Å². The maximum atomic E-state index is 11.4. The van der Waals surface area contributed by atoms with Crippen molar-refractivity contribution in [2.24, 2.45) is 0 Å². The smallest absolute Gasteiger partial charge is 0.330 e. The predicted octanol–water partition coefficient (Wildman–Crippen LogP) is 2.50. The fourth-order valence-electron chi connectivity index (χ4n) is 1.76. The Morgan fingerprint density at radius 3 is 2.76 bits per heavy atom. The molecule has 1 heterocycles. The van der Waals surface area contributed by atoms with Gasteiger partial charge in [0.15, 0.2) is 6.04 Å². The van der Waals surface area contributed by atoms with Crippen LogP contribution in [0.2, 0.25) is 0 Å². The minimum atomic E-state index is -0.996. The van der Waals surface area contributed by atoms with Crippen LogP contribution in [-0.4, -0.2) is 27.7 Å². The quantitative estimate of drug-likeness (QED) is 0.814. The van der Waals surface area contributed by atoms with E-state index < -0.39 is 12.0 Å². The number of carboxylic acid groups (broad SMARTS) is 1. The lowest BCUT2D eigenvalue weighted by molar-refractivity contribution is -0.138. The number of aliphatic carboxylic acids is 1. The van der Waals surface area contributed by atoms with Crippen LogP contribution >= 0.6 is 0 Å². The van der Waals surface area contributed by atoms with Crippen molar-refractivity contribution >= 4 is 11.9 Å². The highest BCUT2D eigenvalue weighted by Gasteiger charge is 2.20. The first-order valence-electron chi connectivity index (χ1n) is 6.71. The number of carboxylic acids is 1. The lowest BCUT2D eigenvalue weighted by Gasteiger charge is -2.15. The van der Waals surface area contributed by atoms with Gasteiger partial charge in [-0.1, -0.05) is 37.3 Å². The van der Waals surface area contributed by atoms with Crippen molar-refractivity contribution in [1.82, 2.24) is 9.97 Å². The van der Waals surface area contributed by atoms with E-state index in [4.69, 9.17) is 4.74 Å². The summed E-state index contributed by atoms with van der Waals surface area (Å²) >= 11 is 0. The van der Waals surface area contributed by atoms with Crippen LogP contribution in [0, 0.1) is 0 Å². The maximum absolute atomic E-state index is 11.4. The van der Waals surface area contributed by atoms with E-state index >= 15 is 0 Å². The molecule has 0 aliphatic rings. The Hall–Kier alpha value is -2.63. The van der Waals surface area contributed by atoms with Crippen molar-refractivity contribution in [3.63, 3.8) is 0 Å². The third kappa shape index (κ3) is 4.17. The van der Waals surface area contributed by atoms with Gasteiger partial charge in [0.1, 0.15) is 0 Å². The Balaban J connectivity index is 2.16. The molecule has 1 aromatic heterocycles. The first kappa shape index (κ1) is 14.8. The second-order valence-electron chi connectivity index (χ2n) is 4.39. The van der Waals surface area contributed by atoms with Crippen LogP contribution < -0.4 is 10.1 Å². The molecular formula is C15H17N3O3. The van der Waals surface area contributed by atoms with Crippen molar-refractivity contribution in [2.45, 2.75) is 19.4 Å². The Labute approximate surface area is 122 Å². The third-order valence-corrected chi connectivity index (χ3v) is 2.74. The monoisotopic (exact) mass is 287 g/mol. The zero-order valence-corrected chi connectivity index (χ0v) is 11.7. The van der Waals surface area contributed by atoms with Gasteiger partial charge >= 0.3 is 5.97 Å². The van der Waals surface area contributed by atoms with Gasteiger partial charge in [0, 0.05) is 12.3 Å². The predicted molar refractivity (Wildman–Crippen MR) is 78.3 cm³/mol. The summed E-state index contributed by atoms with van der Waals surface area (Å²) in [7, 11) is 0. The molecule has 1 unspecified atom stereocenters. The number of nitrogens with zero attached hydrogens (tertiary/aromatic N) is 2. The van der Waals surface area contributed by atoms with E-state index in [9.17, 15) is 9.90 Å². The van der Waals surface area contributed by atoms with Crippen LogP contribution in [0.15, 0.2) is 42.6 Å². The van der Waals surface area contributed by atoms with Gasteiger partial charge in [0.2, 0.25) is 11.8 Å². The minimum Gasteiger partial charge on any atom is -0.479 e. The van der Waals surface area contributed by atoms with Gasteiger partial charge in [-0.05, 0) is 12.0 Å². The lowest BCUT2D eigenvalue weighted by atomic mass is 10.1. The number of carbonyl (C=O) groups is 1. The third-order valence-electron chi connectivity index (χ3n) is 2.74. The Morgan fingerprint density at radius 1 is 1.33 bits per heavy atom. The van der Waals surface area contributed by atoms with E-state index in [0.29, 0.717) is 18.1 Å². The normalized spacial score (nSPS) is 11.7. The number of aromatic nitrogens is 2. The standard InChI is InChI=1S/C15H17N3O3/c1-2-10-21-12-8-9-16-15(17-12)18-13(14(19)20)11-6-4-3-5-7-11/h3-9,13H,2,10H2,1H3,(H,19,20)(H,16,17,18). The molecular weight excluding hydrogens is 270 g/mol. The molecule has 1 aromatic carbocycles. The first-order valence-corrected chi connectivity index (χ1v) is 6.71. The largest absolute Gasteiger partial charge is 0.479 e. The van der Waals surface area contributed by atoms with Crippen molar-refractivity contribution in [2.75, 3.05) is 11.9 Å². The molecule has 0 amide bonds. The van der Waals surface area contributed by atoms with Crippen LogP contribution in [-0.2, 0) is 4.79 Å². The van der Waals surface area contributed by atoms with Gasteiger partial charge < -0.3 is 15.2 Å². The molecule has 0 saturated heterocycles. The fourth-order valence-corrected chi connectivity index (χ4v) is 1.76. The molecule has 0 bridgehead atoms. The van der Waals surface area contributed by atoms with Crippen molar-refractivity contribution in [1.29, 1.82) is 0 Å². The molecule has 1 atom stereocenters. The van der Waals surface area contributed by atoms with Crippen molar-refractivity contribution in [3.05, 3.63) is 48.2 Å². The molecule has 110 valence electrons. The number of ether oxygens (including phenoxy) is 1. The topological polar surface area (TPSA) is 84.3 Å². The van der Waals surface area contributed by atoms with Gasteiger partial charge in [-0.15, -0.1) is 0 Å². The maximum Gasteiger partial charge on any atom is 0.330 e. The van der Waals surface area contributed by atoms with Crippen LogP contribution in [0.25, 0.3) is 0 Å². The van der Waals surface area contributed by atoms with E-state index in [2.05, 4.69) is 15.3 Å². The molecule has 0 aliphatic heterocycles. The van der Waals surface area contributed by atoms with Gasteiger partial charge in [-0.2, -0.15) is 4.98 Å². The summed E-state index contributed by atoms with van der Waals surface area (Å²) in [6, 6.07) is 9.61. The van der Waals surface area contributed by atoms with Gasteiger partial charge in [-0.3, -0.25) is 0 Å². The van der Waals surface area contributed by atoms with Gasteiger partial charge in [-0.25, -0.2) is 9.78 Å². The molecule has 2 N–H and O–H groups in total. The number of benzene rings is 1. The number of hydrogen-bond acceptors (Lipinski definition) is 5. The summed E-state index contributed by atoms with van der Waals surface area (Å²) in [6.07, 6.45) is 2.40. The van der Waals surface area contributed by atoms with E-state index in [1.165, 1.54) is 6.20 Å². The fraction of sp³-hybridized carbons (Fsp3) is 0.267. The Morgan fingerprint density at radius 2 is 2.10 bits per heavy atom. The van der Waals surface area contributed by atoms with Crippen LogP contribution in [0.3, 0.4) is 0 Å². The van der Waals surface area contributed by atoms with Crippen molar-refractivity contribution < 1.29 is 14.6 Å². The van der Waals surface area contributed by atoms with Crippen molar-refractivity contribution in [3.8, 4) is 5.88 Å². The summed E-state index contributed by atoms with van der Waals surface area (Å²) in [5, 5.41) is 12.2. The molecule has 2 aromatic rings. The molecule has 0 fully saturated rings. The summed E-state index contributed by atoms with van der Waals surface area (Å²) in [4.78, 5) is 19.6. The highest BCUT2D eigenvalue weighted by atomic mass is 16.5. The second kappa shape index (κ2) is 7.23. The zero-order chi connectivity index (χ0) is 15.1. The average molecular weight is 287 g/mol. The number of anilines is 1. The van der Waals surface area contributed by atoms with E-state index in [1.54, 1.807) is 30.3 Å². The molecule has 0 spiro atoms. The molecule has 6 heteroatoms. The summed E-state index contributed by atoms with van der Waals surface area (Å²) in [6.45, 7) is 2.55. The van der Waals surface area contributed by atoms with E-state index in [0.717, 1.165) is 6.42 Å². The van der Waals surface area contributed by atoms with Crippen LogP contribution in [0.5, 0.6) is 5.88 Å². The van der Waals surface area contributed by atoms with Crippen LogP contribution in [0.1, 0.15) is 24.9 Å². The highest BCUT2D eigenvalue weighted by molar-refractivity contribution is 5.78. The minimum absolute atomic E-state index is 0.222. The highest BCUT2D eigenvalue weighted by Crippen LogP contribution is 2.18. The van der Waals surface area contributed by atoms with Gasteiger partial charge in [0.05, 0.1) is 6.61 Å². The number of nitrogens with one attached hydrogen (secondary N) is 1. The molecule has 21 heavy (non-hydrogen) atoms. The summed E-state index contributed by atoms with van der Waals surface area (Å²) in [5.41, 5.74) is 0.633. The number of hydrogen-bond donors (Lipinski definition) is 2. The Bertz CT molecular complexity index is 590. The second-order valence-corrected chi connectivity index (χ2v) is 4.39. The molecule has 0 radical (unpaired) electrons. The first-order chi connectivity index (χ1) is 10.2. The Kier molecular flexibility index (Phi) is 5.09. The lowest BCUT2D eigenvalue weighted by Crippen LogP contribution is -2.21. The van der Waals surface area contributed by atoms with Gasteiger partial charge in [0.25, 0.3) is 0 Å². The summed E-state index contributed by atoms with van der Waals surface area (Å²) in [5.74, 6) is -0.351. The summed E-state index contributed by atoms with van der Waals surface area (Å²) < 4.78 is 5.41. The molecule has 0 saturated carbocycles. The zero-order valence-electron chi connectivity index (χ0n) is 11.7. The molecule has 2 rings (SSSR count). The van der Waals surface area contributed by atoms with E-state index in [-0.39, 0.29) is 5.95 Å².